The van der Waals surface area contributed by atoms with E-state index >= 15 is 0 Å². The zero-order chi connectivity index (χ0) is 13.2. The summed E-state index contributed by atoms with van der Waals surface area (Å²) in [5.74, 6) is 0. The highest BCUT2D eigenvalue weighted by Gasteiger charge is 2.21. The number of hydrogen-bond donors (Lipinski definition) is 2. The van der Waals surface area contributed by atoms with E-state index in [4.69, 9.17) is 18.0 Å². The molecule has 1 aliphatic carbocycles. The molecular formula is C15H20ClN3S. The number of imidazole rings is 1. The number of fused-ring (bicyclic) bond motifs is 1. The van der Waals surface area contributed by atoms with Crippen molar-refractivity contribution in [3.8, 4) is 0 Å². The molecule has 108 valence electrons. The van der Waals surface area contributed by atoms with Gasteiger partial charge in [0.1, 0.15) is 0 Å². The monoisotopic (exact) mass is 309 g/mol. The smallest absolute Gasteiger partial charge is 0.177 e. The molecule has 0 bridgehead atoms. The van der Waals surface area contributed by atoms with E-state index < -0.39 is 0 Å². The molecule has 0 aliphatic heterocycles. The Kier molecular flexibility index (Phi) is 5.02. The van der Waals surface area contributed by atoms with E-state index in [1.807, 2.05) is 6.20 Å². The Morgan fingerprint density at radius 1 is 1.30 bits per heavy atom. The quantitative estimate of drug-likeness (QED) is 0.855. The molecule has 1 aromatic heterocycles. The van der Waals surface area contributed by atoms with Gasteiger partial charge in [0.05, 0.1) is 0 Å². The lowest BCUT2D eigenvalue weighted by Crippen LogP contribution is -2.21. The summed E-state index contributed by atoms with van der Waals surface area (Å²) >= 11 is 5.43. The molecule has 1 aromatic carbocycles. The molecule has 0 unspecified atom stereocenters. The zero-order valence-electron chi connectivity index (χ0n) is 11.3. The summed E-state index contributed by atoms with van der Waals surface area (Å²) in [5, 5.41) is 0. The van der Waals surface area contributed by atoms with Crippen LogP contribution in [0.4, 0.5) is 0 Å². The lowest BCUT2D eigenvalue weighted by molar-refractivity contribution is 0.427. The second-order valence-electron chi connectivity index (χ2n) is 5.16. The molecule has 2 aromatic rings. The normalized spacial score (nSPS) is 17.4. The number of halogens is 1. The van der Waals surface area contributed by atoms with Gasteiger partial charge in [-0.05, 0) is 49.2 Å². The lowest BCUT2D eigenvalue weighted by atomic mass is 9.88. The number of H-pyrrole nitrogens is 1. The van der Waals surface area contributed by atoms with Crippen molar-refractivity contribution < 1.29 is 0 Å². The molecule has 1 atom stereocenters. The average Bonchev–Trinajstić information content (AvgIpc) is 2.80. The largest absolute Gasteiger partial charge is 0.337 e. The van der Waals surface area contributed by atoms with E-state index in [0.717, 1.165) is 30.5 Å². The molecule has 1 heterocycles. The van der Waals surface area contributed by atoms with Crippen LogP contribution in [0.15, 0.2) is 30.5 Å². The molecule has 1 aliphatic rings. The fraction of sp³-hybridized carbons (Fsp3) is 0.400. The third kappa shape index (κ3) is 2.82. The van der Waals surface area contributed by atoms with Crippen LogP contribution in [0.5, 0.6) is 0 Å². The van der Waals surface area contributed by atoms with E-state index in [0.29, 0.717) is 12.6 Å². The van der Waals surface area contributed by atoms with Crippen molar-refractivity contribution >= 4 is 24.6 Å². The summed E-state index contributed by atoms with van der Waals surface area (Å²) in [7, 11) is 0. The zero-order valence-corrected chi connectivity index (χ0v) is 13.0. The summed E-state index contributed by atoms with van der Waals surface area (Å²) in [4.78, 5) is 3.17. The average molecular weight is 310 g/mol. The van der Waals surface area contributed by atoms with Crippen LogP contribution in [-0.4, -0.2) is 16.1 Å². The highest BCUT2D eigenvalue weighted by atomic mass is 35.5. The molecule has 0 saturated carbocycles. The minimum absolute atomic E-state index is 0. The first kappa shape index (κ1) is 15.3. The standard InChI is InChI=1S/C15H19N3S.ClH/c16-8-7-14-10-17-15(19)18(14)13-6-5-11-3-1-2-4-12(11)9-13;/h1-4,10,13H,5-9,16H2,(H,17,19);1H/t13-;/m1./s1. The van der Waals surface area contributed by atoms with Gasteiger partial charge in [-0.2, -0.15) is 0 Å². The van der Waals surface area contributed by atoms with Crippen molar-refractivity contribution in [1.82, 2.24) is 9.55 Å². The Bertz CT molecular complexity index is 632. The Labute approximate surface area is 130 Å². The molecule has 0 fully saturated rings. The molecular weight excluding hydrogens is 290 g/mol. The Balaban J connectivity index is 0.00000147. The molecule has 0 amide bonds. The predicted octanol–water partition coefficient (Wildman–Crippen LogP) is 3.20. The molecule has 0 radical (unpaired) electrons. The van der Waals surface area contributed by atoms with Crippen LogP contribution in [0.1, 0.15) is 29.3 Å². The molecule has 5 heteroatoms. The number of hydrogen-bond acceptors (Lipinski definition) is 2. The first-order valence-corrected chi connectivity index (χ1v) is 7.26. The number of nitrogens with two attached hydrogens (primary N) is 1. The van der Waals surface area contributed by atoms with Crippen LogP contribution in [0.3, 0.4) is 0 Å². The van der Waals surface area contributed by atoms with Crippen molar-refractivity contribution in [2.45, 2.75) is 31.7 Å². The maximum Gasteiger partial charge on any atom is 0.177 e. The minimum Gasteiger partial charge on any atom is -0.337 e. The van der Waals surface area contributed by atoms with Gasteiger partial charge in [0, 0.05) is 24.4 Å². The van der Waals surface area contributed by atoms with Gasteiger partial charge in [-0.25, -0.2) is 0 Å². The van der Waals surface area contributed by atoms with Crippen LogP contribution >= 0.6 is 24.6 Å². The molecule has 20 heavy (non-hydrogen) atoms. The topological polar surface area (TPSA) is 46.7 Å². The second-order valence-corrected chi connectivity index (χ2v) is 5.55. The van der Waals surface area contributed by atoms with E-state index in [1.165, 1.54) is 16.8 Å². The summed E-state index contributed by atoms with van der Waals surface area (Å²) in [5.41, 5.74) is 9.86. The van der Waals surface area contributed by atoms with E-state index in [1.54, 1.807) is 0 Å². The number of nitrogens with zero attached hydrogens (tertiary/aromatic N) is 1. The van der Waals surface area contributed by atoms with Gasteiger partial charge in [-0.3, -0.25) is 0 Å². The maximum absolute atomic E-state index is 5.68. The van der Waals surface area contributed by atoms with Crippen molar-refractivity contribution in [2.24, 2.45) is 5.73 Å². The predicted molar refractivity (Wildman–Crippen MR) is 87.1 cm³/mol. The fourth-order valence-electron chi connectivity index (χ4n) is 3.05. The third-order valence-electron chi connectivity index (χ3n) is 3.98. The van der Waals surface area contributed by atoms with Crippen LogP contribution in [0.2, 0.25) is 0 Å². The number of aromatic nitrogens is 2. The van der Waals surface area contributed by atoms with Crippen molar-refractivity contribution in [1.29, 1.82) is 0 Å². The lowest BCUT2D eigenvalue weighted by Gasteiger charge is -2.27. The Morgan fingerprint density at radius 3 is 2.80 bits per heavy atom. The first-order valence-electron chi connectivity index (χ1n) is 6.85. The van der Waals surface area contributed by atoms with E-state index in [2.05, 4.69) is 33.8 Å². The van der Waals surface area contributed by atoms with Crippen molar-refractivity contribution in [3.63, 3.8) is 0 Å². The second kappa shape index (κ2) is 6.57. The molecule has 0 spiro atoms. The van der Waals surface area contributed by atoms with Gasteiger partial charge in [-0.15, -0.1) is 12.4 Å². The van der Waals surface area contributed by atoms with Gasteiger partial charge < -0.3 is 15.3 Å². The summed E-state index contributed by atoms with van der Waals surface area (Å²) in [6.07, 6.45) is 6.25. The molecule has 3 rings (SSSR count). The van der Waals surface area contributed by atoms with Crippen molar-refractivity contribution in [3.05, 3.63) is 52.1 Å². The van der Waals surface area contributed by atoms with Gasteiger partial charge in [-0.1, -0.05) is 24.3 Å². The van der Waals surface area contributed by atoms with Crippen LogP contribution in [-0.2, 0) is 19.3 Å². The van der Waals surface area contributed by atoms with E-state index in [9.17, 15) is 0 Å². The SMILES string of the molecule is Cl.NCCc1c[nH]c(=S)n1[C@@H]1CCc2ccccc2C1. The third-order valence-corrected chi connectivity index (χ3v) is 4.29. The van der Waals surface area contributed by atoms with Crippen LogP contribution in [0.25, 0.3) is 0 Å². The highest BCUT2D eigenvalue weighted by molar-refractivity contribution is 7.71. The Hall–Kier alpha value is -1.10. The van der Waals surface area contributed by atoms with Crippen LogP contribution < -0.4 is 5.73 Å². The number of nitrogens with one attached hydrogen (secondary N) is 1. The number of aromatic amines is 1. The van der Waals surface area contributed by atoms with Crippen LogP contribution in [0, 0.1) is 4.77 Å². The number of aryl methyl sites for hydroxylation is 1. The van der Waals surface area contributed by atoms with E-state index in [-0.39, 0.29) is 12.4 Å². The van der Waals surface area contributed by atoms with Gasteiger partial charge in [0.15, 0.2) is 4.77 Å². The first-order chi connectivity index (χ1) is 9.29. The molecule has 0 saturated heterocycles. The fourth-order valence-corrected chi connectivity index (χ4v) is 3.38. The Morgan fingerprint density at radius 2 is 2.05 bits per heavy atom. The highest BCUT2D eigenvalue weighted by Crippen LogP contribution is 2.30. The van der Waals surface area contributed by atoms with Gasteiger partial charge >= 0.3 is 0 Å². The summed E-state index contributed by atoms with van der Waals surface area (Å²) in [6.45, 7) is 0.663. The minimum atomic E-state index is 0. The summed E-state index contributed by atoms with van der Waals surface area (Å²) in [6, 6.07) is 9.19. The van der Waals surface area contributed by atoms with Gasteiger partial charge in [0.2, 0.25) is 0 Å². The number of rotatable bonds is 3. The summed E-state index contributed by atoms with van der Waals surface area (Å²) < 4.78 is 3.10. The number of benzene rings is 1. The maximum atomic E-state index is 5.68. The van der Waals surface area contributed by atoms with Crippen molar-refractivity contribution in [2.75, 3.05) is 6.54 Å². The van der Waals surface area contributed by atoms with Gasteiger partial charge in [0.25, 0.3) is 0 Å². The molecule has 3 nitrogen and oxygen atoms in total. The molecule has 3 N–H and O–H groups in total.